The van der Waals surface area contributed by atoms with Gasteiger partial charge in [-0.25, -0.2) is 0 Å². The lowest BCUT2D eigenvalue weighted by atomic mass is 10.1. The van der Waals surface area contributed by atoms with Crippen molar-refractivity contribution in [1.29, 1.82) is 0 Å². The van der Waals surface area contributed by atoms with E-state index >= 15 is 0 Å². The summed E-state index contributed by atoms with van der Waals surface area (Å²) in [5.74, 6) is 0. The van der Waals surface area contributed by atoms with Crippen molar-refractivity contribution in [2.75, 3.05) is 20.2 Å². The molecule has 3 unspecified atom stereocenters. The first-order valence-corrected chi connectivity index (χ1v) is 5.89. The van der Waals surface area contributed by atoms with Gasteiger partial charge in [0.2, 0.25) is 0 Å². The van der Waals surface area contributed by atoms with Crippen LogP contribution in [0, 0.1) is 0 Å². The molecular formula is C11H22N2O. The lowest BCUT2D eigenvalue weighted by molar-refractivity contribution is 0.119. The largest absolute Gasteiger partial charge is 0.395 e. The molecule has 2 N–H and O–H groups in total. The standard InChI is InChI=1S/C11H22N2O/c1-12-9-4-5-10(7-9)13-6-2-3-11(13)8-14/h9-12,14H,2-8H2,1H3. The number of hydrogen-bond donors (Lipinski definition) is 2. The fraction of sp³-hybridized carbons (Fsp3) is 1.00. The molecule has 0 radical (unpaired) electrons. The molecule has 3 nitrogen and oxygen atoms in total. The Bertz CT molecular complexity index is 186. The van der Waals surface area contributed by atoms with Gasteiger partial charge in [-0.2, -0.15) is 0 Å². The van der Waals surface area contributed by atoms with E-state index in [1.807, 2.05) is 0 Å². The van der Waals surface area contributed by atoms with Crippen molar-refractivity contribution in [2.45, 2.75) is 50.2 Å². The molecule has 0 aromatic rings. The van der Waals surface area contributed by atoms with Crippen molar-refractivity contribution in [3.63, 3.8) is 0 Å². The SMILES string of the molecule is CNC1CCC(N2CCCC2CO)C1. The Hall–Kier alpha value is -0.120. The van der Waals surface area contributed by atoms with Crippen molar-refractivity contribution in [1.82, 2.24) is 10.2 Å². The molecule has 1 aliphatic heterocycles. The van der Waals surface area contributed by atoms with Gasteiger partial charge in [-0.05, 0) is 45.7 Å². The van der Waals surface area contributed by atoms with E-state index in [1.54, 1.807) is 0 Å². The summed E-state index contributed by atoms with van der Waals surface area (Å²) >= 11 is 0. The molecule has 2 aliphatic rings. The maximum absolute atomic E-state index is 9.26. The molecule has 2 rings (SSSR count). The van der Waals surface area contributed by atoms with Crippen LogP contribution in [-0.4, -0.2) is 48.3 Å². The van der Waals surface area contributed by atoms with Gasteiger partial charge in [0.1, 0.15) is 0 Å². The minimum absolute atomic E-state index is 0.348. The van der Waals surface area contributed by atoms with Crippen molar-refractivity contribution < 1.29 is 5.11 Å². The number of nitrogens with one attached hydrogen (secondary N) is 1. The quantitative estimate of drug-likeness (QED) is 0.696. The lowest BCUT2D eigenvalue weighted by Gasteiger charge is -2.29. The molecule has 2 fully saturated rings. The summed E-state index contributed by atoms with van der Waals surface area (Å²) in [4.78, 5) is 2.54. The molecule has 14 heavy (non-hydrogen) atoms. The topological polar surface area (TPSA) is 35.5 Å². The molecule has 0 aromatic heterocycles. The van der Waals surface area contributed by atoms with E-state index in [2.05, 4.69) is 17.3 Å². The summed E-state index contributed by atoms with van der Waals surface area (Å²) in [5.41, 5.74) is 0. The first-order chi connectivity index (χ1) is 6.85. The van der Waals surface area contributed by atoms with Gasteiger partial charge >= 0.3 is 0 Å². The molecule has 82 valence electrons. The van der Waals surface area contributed by atoms with Crippen LogP contribution in [0.4, 0.5) is 0 Å². The van der Waals surface area contributed by atoms with Crippen LogP contribution in [0.3, 0.4) is 0 Å². The van der Waals surface area contributed by atoms with Crippen LogP contribution in [-0.2, 0) is 0 Å². The lowest BCUT2D eigenvalue weighted by Crippen LogP contribution is -2.40. The summed E-state index contributed by atoms with van der Waals surface area (Å²) in [5, 5.41) is 12.6. The molecule has 0 spiro atoms. The second kappa shape index (κ2) is 4.60. The molecule has 0 amide bonds. The molecular weight excluding hydrogens is 176 g/mol. The number of hydrogen-bond acceptors (Lipinski definition) is 3. The van der Waals surface area contributed by atoms with Crippen LogP contribution in [0.25, 0.3) is 0 Å². The number of aliphatic hydroxyl groups is 1. The molecule has 0 bridgehead atoms. The van der Waals surface area contributed by atoms with Crippen LogP contribution in [0.1, 0.15) is 32.1 Å². The van der Waals surface area contributed by atoms with E-state index in [-0.39, 0.29) is 0 Å². The third-order valence-electron chi connectivity index (χ3n) is 3.92. The van der Waals surface area contributed by atoms with Crippen molar-refractivity contribution in [2.24, 2.45) is 0 Å². The molecule has 1 saturated heterocycles. The fourth-order valence-corrected chi connectivity index (χ4v) is 3.06. The minimum Gasteiger partial charge on any atom is -0.395 e. The summed E-state index contributed by atoms with van der Waals surface area (Å²) in [6, 6.07) is 1.89. The predicted molar refractivity (Wildman–Crippen MR) is 57.3 cm³/mol. The van der Waals surface area contributed by atoms with E-state index < -0.39 is 0 Å². The average Bonchev–Trinajstić information content (AvgIpc) is 2.85. The van der Waals surface area contributed by atoms with Crippen LogP contribution < -0.4 is 5.32 Å². The van der Waals surface area contributed by atoms with Crippen molar-refractivity contribution in [3.05, 3.63) is 0 Å². The van der Waals surface area contributed by atoms with Gasteiger partial charge in [-0.3, -0.25) is 4.90 Å². The van der Waals surface area contributed by atoms with E-state index in [0.717, 1.165) is 6.04 Å². The van der Waals surface area contributed by atoms with Gasteiger partial charge < -0.3 is 10.4 Å². The second-order valence-electron chi connectivity index (χ2n) is 4.67. The van der Waals surface area contributed by atoms with Gasteiger partial charge in [-0.15, -0.1) is 0 Å². The highest BCUT2D eigenvalue weighted by Gasteiger charge is 2.34. The summed E-state index contributed by atoms with van der Waals surface area (Å²) in [6.45, 7) is 1.55. The molecule has 0 aromatic carbocycles. The summed E-state index contributed by atoms with van der Waals surface area (Å²) in [6.07, 6.45) is 6.34. The van der Waals surface area contributed by atoms with E-state index in [0.29, 0.717) is 18.7 Å². The number of rotatable bonds is 3. The van der Waals surface area contributed by atoms with Gasteiger partial charge in [0.25, 0.3) is 0 Å². The highest BCUT2D eigenvalue weighted by molar-refractivity contribution is 4.91. The normalized spacial score (nSPS) is 39.4. The highest BCUT2D eigenvalue weighted by Crippen LogP contribution is 2.29. The van der Waals surface area contributed by atoms with E-state index in [4.69, 9.17) is 0 Å². The van der Waals surface area contributed by atoms with Crippen LogP contribution in [0.2, 0.25) is 0 Å². The molecule has 1 heterocycles. The van der Waals surface area contributed by atoms with Gasteiger partial charge in [-0.1, -0.05) is 0 Å². The van der Waals surface area contributed by atoms with Gasteiger partial charge in [0.05, 0.1) is 6.61 Å². The monoisotopic (exact) mass is 198 g/mol. The zero-order chi connectivity index (χ0) is 9.97. The molecule has 3 heteroatoms. The maximum Gasteiger partial charge on any atom is 0.0586 e. The van der Waals surface area contributed by atoms with Crippen LogP contribution >= 0.6 is 0 Å². The Morgan fingerprint density at radius 2 is 2.21 bits per heavy atom. The highest BCUT2D eigenvalue weighted by atomic mass is 16.3. The summed E-state index contributed by atoms with van der Waals surface area (Å²) < 4.78 is 0. The Morgan fingerprint density at radius 3 is 2.86 bits per heavy atom. The Kier molecular flexibility index (Phi) is 3.42. The zero-order valence-corrected chi connectivity index (χ0v) is 9.08. The van der Waals surface area contributed by atoms with Crippen LogP contribution in [0.15, 0.2) is 0 Å². The third-order valence-corrected chi connectivity index (χ3v) is 3.92. The van der Waals surface area contributed by atoms with Gasteiger partial charge in [0, 0.05) is 18.1 Å². The molecule has 1 aliphatic carbocycles. The van der Waals surface area contributed by atoms with Crippen molar-refractivity contribution in [3.8, 4) is 0 Å². The number of aliphatic hydroxyl groups excluding tert-OH is 1. The van der Waals surface area contributed by atoms with E-state index in [1.165, 1.54) is 38.6 Å². The third kappa shape index (κ3) is 1.95. The zero-order valence-electron chi connectivity index (χ0n) is 9.08. The second-order valence-corrected chi connectivity index (χ2v) is 4.67. The summed E-state index contributed by atoms with van der Waals surface area (Å²) in [7, 11) is 2.06. The smallest absolute Gasteiger partial charge is 0.0586 e. The Morgan fingerprint density at radius 1 is 1.36 bits per heavy atom. The Balaban J connectivity index is 1.89. The average molecular weight is 198 g/mol. The molecule has 1 saturated carbocycles. The van der Waals surface area contributed by atoms with Crippen molar-refractivity contribution >= 4 is 0 Å². The number of nitrogens with zero attached hydrogens (tertiary/aromatic N) is 1. The van der Waals surface area contributed by atoms with Crippen LogP contribution in [0.5, 0.6) is 0 Å². The number of likely N-dealkylation sites (tertiary alicyclic amines) is 1. The Labute approximate surface area is 86.5 Å². The van der Waals surface area contributed by atoms with E-state index in [9.17, 15) is 5.11 Å². The minimum atomic E-state index is 0.348. The first kappa shape index (κ1) is 10.4. The first-order valence-electron chi connectivity index (χ1n) is 5.89. The maximum atomic E-state index is 9.26. The van der Waals surface area contributed by atoms with Gasteiger partial charge in [0.15, 0.2) is 0 Å². The fourth-order valence-electron chi connectivity index (χ4n) is 3.06. The predicted octanol–water partition coefficient (Wildman–Crippen LogP) is 0.584. The molecule has 3 atom stereocenters.